The molecule has 0 aromatic heterocycles. The predicted molar refractivity (Wildman–Crippen MR) is 59.3 cm³/mol. The molecule has 1 aliphatic heterocycles. The van der Waals surface area contributed by atoms with Crippen molar-refractivity contribution in [2.75, 3.05) is 13.2 Å². The highest BCUT2D eigenvalue weighted by Gasteiger charge is 2.28. The van der Waals surface area contributed by atoms with Crippen molar-refractivity contribution in [2.24, 2.45) is 0 Å². The summed E-state index contributed by atoms with van der Waals surface area (Å²) in [4.78, 5) is 10.4. The van der Waals surface area contributed by atoms with Crippen LogP contribution in [0.2, 0.25) is 0 Å². The summed E-state index contributed by atoms with van der Waals surface area (Å²) in [5.74, 6) is -0.971. The Morgan fingerprint density at radius 2 is 2.31 bits per heavy atom. The highest BCUT2D eigenvalue weighted by Crippen LogP contribution is 2.23. The van der Waals surface area contributed by atoms with Crippen LogP contribution in [0.4, 0.5) is 0 Å². The third-order valence-electron chi connectivity index (χ3n) is 2.75. The molecule has 0 radical (unpaired) electrons. The zero-order chi connectivity index (χ0) is 12.2. The van der Waals surface area contributed by atoms with Crippen molar-refractivity contribution in [3.63, 3.8) is 0 Å². The van der Waals surface area contributed by atoms with Crippen LogP contribution >= 0.6 is 0 Å². The number of nitrogens with one attached hydrogen (secondary N) is 1. The number of ether oxygens (including phenoxy) is 1. The lowest BCUT2D eigenvalue weighted by Gasteiger charge is -2.36. The molecule has 94 valence electrons. The molecule has 2 unspecified atom stereocenters. The van der Waals surface area contributed by atoms with E-state index in [2.05, 4.69) is 5.32 Å². The molecule has 2 atom stereocenters. The highest BCUT2D eigenvalue weighted by atomic mass is 16.5. The van der Waals surface area contributed by atoms with Crippen LogP contribution in [0.3, 0.4) is 0 Å². The molecule has 1 rings (SSSR count). The average Bonchev–Trinajstić information content (AvgIpc) is 2.12. The van der Waals surface area contributed by atoms with Crippen molar-refractivity contribution >= 4 is 5.97 Å². The Balaban J connectivity index is 2.24. The molecule has 3 N–H and O–H groups in total. The number of hydrogen-bond donors (Lipinski definition) is 3. The summed E-state index contributed by atoms with van der Waals surface area (Å²) in [7, 11) is 0. The van der Waals surface area contributed by atoms with E-state index in [1.807, 2.05) is 13.8 Å². The van der Waals surface area contributed by atoms with Gasteiger partial charge in [0.15, 0.2) is 0 Å². The fraction of sp³-hybridized carbons (Fsp3) is 0.909. The van der Waals surface area contributed by atoms with Gasteiger partial charge in [0.2, 0.25) is 0 Å². The Labute approximate surface area is 95.8 Å². The molecule has 16 heavy (non-hydrogen) atoms. The van der Waals surface area contributed by atoms with Gasteiger partial charge in [0.25, 0.3) is 0 Å². The molecule has 0 aliphatic carbocycles. The van der Waals surface area contributed by atoms with Gasteiger partial charge >= 0.3 is 5.97 Å². The fourth-order valence-electron chi connectivity index (χ4n) is 1.98. The SMILES string of the molecule is CC1(C)CC(NCC(O)CC(=O)O)CCO1. The van der Waals surface area contributed by atoms with E-state index in [-0.39, 0.29) is 12.0 Å². The van der Waals surface area contributed by atoms with Crippen LogP contribution in [0.5, 0.6) is 0 Å². The maximum Gasteiger partial charge on any atom is 0.306 e. The predicted octanol–water partition coefficient (Wildman–Crippen LogP) is 0.369. The maximum absolute atomic E-state index is 10.4. The largest absolute Gasteiger partial charge is 0.481 e. The first kappa shape index (κ1) is 13.4. The Kier molecular flexibility index (Phi) is 4.70. The normalized spacial score (nSPS) is 26.3. The monoisotopic (exact) mass is 231 g/mol. The Morgan fingerprint density at radius 3 is 2.88 bits per heavy atom. The molecule has 0 bridgehead atoms. The number of carbonyl (C=O) groups is 1. The maximum atomic E-state index is 10.4. The Hall–Kier alpha value is -0.650. The molecule has 5 nitrogen and oxygen atoms in total. The van der Waals surface area contributed by atoms with Crippen LogP contribution in [0, 0.1) is 0 Å². The molecule has 0 saturated carbocycles. The van der Waals surface area contributed by atoms with E-state index < -0.39 is 12.1 Å². The van der Waals surface area contributed by atoms with E-state index in [1.165, 1.54) is 0 Å². The van der Waals surface area contributed by atoms with Gasteiger partial charge in [0, 0.05) is 19.2 Å². The zero-order valence-corrected chi connectivity index (χ0v) is 9.90. The Morgan fingerprint density at radius 1 is 1.62 bits per heavy atom. The topological polar surface area (TPSA) is 78.8 Å². The standard InChI is InChI=1S/C11H21NO4/c1-11(2)6-8(3-4-16-11)12-7-9(13)5-10(14)15/h8-9,12-13H,3-7H2,1-2H3,(H,14,15). The van der Waals surface area contributed by atoms with E-state index in [1.54, 1.807) is 0 Å². The second-order valence-corrected chi connectivity index (χ2v) is 4.96. The van der Waals surface area contributed by atoms with Gasteiger partial charge in [-0.05, 0) is 26.7 Å². The van der Waals surface area contributed by atoms with Gasteiger partial charge < -0.3 is 20.3 Å². The summed E-state index contributed by atoms with van der Waals surface area (Å²) in [5, 5.41) is 21.1. The van der Waals surface area contributed by atoms with E-state index in [4.69, 9.17) is 9.84 Å². The minimum atomic E-state index is -0.971. The zero-order valence-electron chi connectivity index (χ0n) is 9.90. The first-order valence-corrected chi connectivity index (χ1v) is 5.66. The second kappa shape index (κ2) is 5.61. The van der Waals surface area contributed by atoms with Crippen LogP contribution in [0.1, 0.15) is 33.1 Å². The summed E-state index contributed by atoms with van der Waals surface area (Å²) in [6, 6.07) is 0.298. The van der Waals surface area contributed by atoms with Crippen LogP contribution in [0.15, 0.2) is 0 Å². The number of rotatable bonds is 5. The smallest absolute Gasteiger partial charge is 0.306 e. The number of aliphatic carboxylic acids is 1. The van der Waals surface area contributed by atoms with Gasteiger partial charge in [-0.3, -0.25) is 4.79 Å². The quantitative estimate of drug-likeness (QED) is 0.637. The summed E-state index contributed by atoms with van der Waals surface area (Å²) in [6.07, 6.45) is 0.763. The first-order valence-electron chi connectivity index (χ1n) is 5.66. The lowest BCUT2D eigenvalue weighted by atomic mass is 9.94. The van der Waals surface area contributed by atoms with E-state index in [9.17, 15) is 9.90 Å². The molecule has 1 aliphatic rings. The van der Waals surface area contributed by atoms with Gasteiger partial charge in [-0.25, -0.2) is 0 Å². The molecule has 0 aromatic carbocycles. The number of aliphatic hydroxyl groups excluding tert-OH is 1. The summed E-state index contributed by atoms with van der Waals surface area (Å²) >= 11 is 0. The van der Waals surface area contributed by atoms with Crippen molar-refractivity contribution in [3.05, 3.63) is 0 Å². The molecule has 0 spiro atoms. The third kappa shape index (κ3) is 4.92. The van der Waals surface area contributed by atoms with Crippen molar-refractivity contribution in [2.45, 2.75) is 50.9 Å². The average molecular weight is 231 g/mol. The van der Waals surface area contributed by atoms with Crippen LogP contribution in [-0.2, 0) is 9.53 Å². The summed E-state index contributed by atoms with van der Waals surface area (Å²) in [6.45, 7) is 5.11. The van der Waals surface area contributed by atoms with Crippen molar-refractivity contribution in [1.29, 1.82) is 0 Å². The molecule has 1 fully saturated rings. The van der Waals surface area contributed by atoms with Crippen LogP contribution in [0.25, 0.3) is 0 Å². The minimum absolute atomic E-state index is 0.131. The fourth-order valence-corrected chi connectivity index (χ4v) is 1.98. The first-order chi connectivity index (χ1) is 7.39. The van der Waals surface area contributed by atoms with Gasteiger partial charge in [-0.1, -0.05) is 0 Å². The van der Waals surface area contributed by atoms with Crippen molar-refractivity contribution in [3.8, 4) is 0 Å². The second-order valence-electron chi connectivity index (χ2n) is 4.96. The van der Waals surface area contributed by atoms with Crippen molar-refractivity contribution in [1.82, 2.24) is 5.32 Å². The number of carboxylic acids is 1. The third-order valence-corrected chi connectivity index (χ3v) is 2.75. The highest BCUT2D eigenvalue weighted by molar-refractivity contribution is 5.67. The molecule has 5 heteroatoms. The number of aliphatic hydroxyl groups is 1. The van der Waals surface area contributed by atoms with Crippen LogP contribution in [-0.4, -0.2) is 47.1 Å². The lowest BCUT2D eigenvalue weighted by molar-refractivity contribution is -0.139. The molecule has 1 heterocycles. The van der Waals surface area contributed by atoms with E-state index in [0.29, 0.717) is 19.2 Å². The molecule has 0 amide bonds. The van der Waals surface area contributed by atoms with Gasteiger partial charge in [0.05, 0.1) is 18.1 Å². The Bertz CT molecular complexity index is 242. The van der Waals surface area contributed by atoms with E-state index in [0.717, 1.165) is 12.8 Å². The van der Waals surface area contributed by atoms with E-state index >= 15 is 0 Å². The summed E-state index contributed by atoms with van der Waals surface area (Å²) in [5.41, 5.74) is -0.131. The molecule has 0 aromatic rings. The molecular weight excluding hydrogens is 210 g/mol. The lowest BCUT2D eigenvalue weighted by Crippen LogP contribution is -2.45. The molecule has 1 saturated heterocycles. The van der Waals surface area contributed by atoms with Crippen molar-refractivity contribution < 1.29 is 19.7 Å². The van der Waals surface area contributed by atoms with Gasteiger partial charge in [0.1, 0.15) is 0 Å². The molecular formula is C11H21NO4. The van der Waals surface area contributed by atoms with Gasteiger partial charge in [-0.15, -0.1) is 0 Å². The summed E-state index contributed by atoms with van der Waals surface area (Å²) < 4.78 is 5.57. The number of carboxylic acid groups (broad SMARTS) is 1. The van der Waals surface area contributed by atoms with Crippen LogP contribution < -0.4 is 5.32 Å². The van der Waals surface area contributed by atoms with Gasteiger partial charge in [-0.2, -0.15) is 0 Å². The minimum Gasteiger partial charge on any atom is -0.481 e. The number of hydrogen-bond acceptors (Lipinski definition) is 4.